The minimum atomic E-state index is -0.374. The number of nitrogens with zero attached hydrogens (tertiary/aromatic N) is 1. The third-order valence-electron chi connectivity index (χ3n) is 2.55. The van der Waals surface area contributed by atoms with Gasteiger partial charge in [0.2, 0.25) is 5.91 Å². The van der Waals surface area contributed by atoms with Crippen molar-refractivity contribution in [2.24, 2.45) is 0 Å². The monoisotopic (exact) mass is 258 g/mol. The lowest BCUT2D eigenvalue weighted by atomic mass is 10.2. The Labute approximate surface area is 104 Å². The third-order valence-corrected chi connectivity index (χ3v) is 3.43. The minimum absolute atomic E-state index is 0.0520. The molecule has 5 nitrogen and oxygen atoms in total. The second-order valence-electron chi connectivity index (χ2n) is 3.93. The minimum Gasteiger partial charge on any atom is -0.393 e. The number of aliphatic hydroxyl groups excluding tert-OH is 1. The lowest BCUT2D eigenvalue weighted by molar-refractivity contribution is -0.121. The van der Waals surface area contributed by atoms with E-state index in [2.05, 4.69) is 5.32 Å². The molecule has 0 spiro atoms. The molecule has 0 fully saturated rings. The maximum Gasteiger partial charge on any atom is 0.307 e. The first-order valence-electron chi connectivity index (χ1n) is 5.64. The number of rotatable bonds is 6. The summed E-state index contributed by atoms with van der Waals surface area (Å²) in [6.07, 6.45) is 0.847. The summed E-state index contributed by atoms with van der Waals surface area (Å²) in [5.74, 6) is -0.197. The molecule has 17 heavy (non-hydrogen) atoms. The Morgan fingerprint density at radius 3 is 2.88 bits per heavy atom. The van der Waals surface area contributed by atoms with Gasteiger partial charge >= 0.3 is 4.87 Å². The van der Waals surface area contributed by atoms with Gasteiger partial charge in [0.1, 0.15) is 6.54 Å². The number of hydrogen-bond acceptors (Lipinski definition) is 4. The summed E-state index contributed by atoms with van der Waals surface area (Å²) in [6, 6.07) is 0. The van der Waals surface area contributed by atoms with E-state index in [1.807, 2.05) is 6.92 Å². The Kier molecular flexibility index (Phi) is 5.37. The van der Waals surface area contributed by atoms with Gasteiger partial charge in [0.15, 0.2) is 0 Å². The van der Waals surface area contributed by atoms with Crippen LogP contribution in [0.2, 0.25) is 0 Å². The number of aryl methyl sites for hydroxylation is 1. The highest BCUT2D eigenvalue weighted by Gasteiger charge is 2.08. The van der Waals surface area contributed by atoms with Gasteiger partial charge in [0.05, 0.1) is 6.10 Å². The van der Waals surface area contributed by atoms with Crippen LogP contribution in [0.1, 0.15) is 25.5 Å². The smallest absolute Gasteiger partial charge is 0.307 e. The number of thiazole rings is 1. The van der Waals surface area contributed by atoms with Gasteiger partial charge in [-0.2, -0.15) is 0 Å². The molecule has 1 heterocycles. The van der Waals surface area contributed by atoms with Gasteiger partial charge < -0.3 is 10.4 Å². The van der Waals surface area contributed by atoms with Crippen LogP contribution in [0.15, 0.2) is 10.2 Å². The summed E-state index contributed by atoms with van der Waals surface area (Å²) in [4.78, 5) is 22.8. The number of hydrogen-bond donors (Lipinski definition) is 2. The van der Waals surface area contributed by atoms with Gasteiger partial charge in [-0.1, -0.05) is 18.3 Å². The van der Waals surface area contributed by atoms with Gasteiger partial charge in [-0.05, 0) is 19.8 Å². The summed E-state index contributed by atoms with van der Waals surface area (Å²) < 4.78 is 1.44. The average Bonchev–Trinajstić information content (AvgIpc) is 2.60. The molecule has 0 aromatic carbocycles. The van der Waals surface area contributed by atoms with Crippen molar-refractivity contribution in [3.63, 3.8) is 0 Å². The Morgan fingerprint density at radius 1 is 1.65 bits per heavy atom. The van der Waals surface area contributed by atoms with E-state index in [4.69, 9.17) is 0 Å². The summed E-state index contributed by atoms with van der Waals surface area (Å²) in [7, 11) is 0. The van der Waals surface area contributed by atoms with Crippen molar-refractivity contribution in [2.75, 3.05) is 6.54 Å². The molecule has 0 saturated carbocycles. The van der Waals surface area contributed by atoms with Crippen LogP contribution in [0.25, 0.3) is 0 Å². The van der Waals surface area contributed by atoms with E-state index in [0.717, 1.165) is 17.0 Å². The van der Waals surface area contributed by atoms with E-state index in [1.54, 1.807) is 12.3 Å². The van der Waals surface area contributed by atoms with Gasteiger partial charge in [-0.25, -0.2) is 0 Å². The molecule has 1 aromatic rings. The second kappa shape index (κ2) is 6.56. The summed E-state index contributed by atoms with van der Waals surface area (Å²) >= 11 is 1.09. The van der Waals surface area contributed by atoms with E-state index in [-0.39, 0.29) is 23.4 Å². The van der Waals surface area contributed by atoms with Crippen LogP contribution in [0.3, 0.4) is 0 Å². The molecular weight excluding hydrogens is 240 g/mol. The zero-order chi connectivity index (χ0) is 12.8. The fourth-order valence-corrected chi connectivity index (χ4v) is 2.11. The fourth-order valence-electron chi connectivity index (χ4n) is 1.38. The number of amides is 1. The van der Waals surface area contributed by atoms with Crippen molar-refractivity contribution in [2.45, 2.75) is 39.3 Å². The molecule has 0 saturated heterocycles. The average molecular weight is 258 g/mol. The Morgan fingerprint density at radius 2 is 2.35 bits per heavy atom. The van der Waals surface area contributed by atoms with Crippen molar-refractivity contribution in [3.8, 4) is 0 Å². The van der Waals surface area contributed by atoms with Gasteiger partial charge in [0.25, 0.3) is 0 Å². The first-order chi connectivity index (χ1) is 8.04. The van der Waals surface area contributed by atoms with E-state index in [9.17, 15) is 14.7 Å². The summed E-state index contributed by atoms with van der Waals surface area (Å²) in [6.45, 7) is 4.18. The molecule has 6 heteroatoms. The number of carbonyl (C=O) groups is 1. The Hall–Kier alpha value is -1.14. The van der Waals surface area contributed by atoms with Gasteiger partial charge in [-0.15, -0.1) is 0 Å². The van der Waals surface area contributed by atoms with Gasteiger partial charge in [-0.3, -0.25) is 14.2 Å². The largest absolute Gasteiger partial charge is 0.393 e. The molecule has 1 atom stereocenters. The highest BCUT2D eigenvalue weighted by atomic mass is 32.1. The molecule has 0 aliphatic rings. The summed E-state index contributed by atoms with van der Waals surface area (Å²) in [5.41, 5.74) is 0.795. The van der Waals surface area contributed by atoms with Crippen molar-refractivity contribution in [3.05, 3.63) is 20.7 Å². The molecule has 0 aliphatic heterocycles. The van der Waals surface area contributed by atoms with Crippen molar-refractivity contribution >= 4 is 17.2 Å². The lowest BCUT2D eigenvalue weighted by Crippen LogP contribution is -2.32. The molecule has 0 radical (unpaired) electrons. The molecule has 0 aliphatic carbocycles. The van der Waals surface area contributed by atoms with E-state index < -0.39 is 0 Å². The SMILES string of the molecule is CCC(O)CCNC(=O)Cn1c(C)csc1=O. The van der Waals surface area contributed by atoms with Crippen LogP contribution in [-0.2, 0) is 11.3 Å². The predicted molar refractivity (Wildman–Crippen MR) is 67.2 cm³/mol. The zero-order valence-electron chi connectivity index (χ0n) is 10.1. The zero-order valence-corrected chi connectivity index (χ0v) is 10.9. The maximum absolute atomic E-state index is 11.5. The molecule has 1 aromatic heterocycles. The lowest BCUT2D eigenvalue weighted by Gasteiger charge is -2.09. The van der Waals surface area contributed by atoms with Crippen molar-refractivity contribution in [1.29, 1.82) is 0 Å². The molecule has 0 bridgehead atoms. The normalized spacial score (nSPS) is 12.4. The topological polar surface area (TPSA) is 71.3 Å². The fraction of sp³-hybridized carbons (Fsp3) is 0.636. The first kappa shape index (κ1) is 13.9. The van der Waals surface area contributed by atoms with E-state index in [0.29, 0.717) is 19.4 Å². The highest BCUT2D eigenvalue weighted by molar-refractivity contribution is 7.07. The molecule has 96 valence electrons. The van der Waals surface area contributed by atoms with Crippen LogP contribution in [0, 0.1) is 6.92 Å². The van der Waals surface area contributed by atoms with E-state index >= 15 is 0 Å². The third kappa shape index (κ3) is 4.32. The highest BCUT2D eigenvalue weighted by Crippen LogP contribution is 1.99. The standard InChI is InChI=1S/C11H18N2O3S/c1-3-9(14)4-5-12-10(15)6-13-8(2)7-17-11(13)16/h7,9,14H,3-6H2,1-2H3,(H,12,15). The van der Waals surface area contributed by atoms with Crippen LogP contribution < -0.4 is 10.2 Å². The van der Waals surface area contributed by atoms with Crippen molar-refractivity contribution in [1.82, 2.24) is 9.88 Å². The number of aromatic nitrogens is 1. The van der Waals surface area contributed by atoms with E-state index in [1.165, 1.54) is 4.57 Å². The number of carbonyl (C=O) groups excluding carboxylic acids is 1. The molecule has 1 rings (SSSR count). The molecule has 2 N–H and O–H groups in total. The number of nitrogens with one attached hydrogen (secondary N) is 1. The van der Waals surface area contributed by atoms with Crippen LogP contribution in [0.5, 0.6) is 0 Å². The summed E-state index contributed by atoms with van der Waals surface area (Å²) in [5, 5.41) is 13.7. The number of aliphatic hydroxyl groups is 1. The first-order valence-corrected chi connectivity index (χ1v) is 6.52. The van der Waals surface area contributed by atoms with Crippen molar-refractivity contribution < 1.29 is 9.90 Å². The van der Waals surface area contributed by atoms with Crippen LogP contribution in [0.4, 0.5) is 0 Å². The quantitative estimate of drug-likeness (QED) is 0.780. The Bertz CT molecular complexity index is 425. The predicted octanol–water partition coefficient (Wildman–Crippen LogP) is 0.495. The van der Waals surface area contributed by atoms with Gasteiger partial charge in [0, 0.05) is 17.6 Å². The van der Waals surface area contributed by atoms with Crippen LogP contribution in [-0.4, -0.2) is 28.2 Å². The van der Waals surface area contributed by atoms with Crippen LogP contribution >= 0.6 is 11.3 Å². The molecule has 1 unspecified atom stereocenters. The second-order valence-corrected chi connectivity index (χ2v) is 4.75. The maximum atomic E-state index is 11.5. The Balaban J connectivity index is 2.38. The molecular formula is C11H18N2O3S. The molecule has 1 amide bonds.